The van der Waals surface area contributed by atoms with E-state index in [-0.39, 0.29) is 31.1 Å². The highest BCUT2D eigenvalue weighted by molar-refractivity contribution is 5.71. The van der Waals surface area contributed by atoms with Crippen LogP contribution in [-0.2, 0) is 28.6 Å². The van der Waals surface area contributed by atoms with Gasteiger partial charge in [0.15, 0.2) is 6.10 Å². The van der Waals surface area contributed by atoms with Crippen molar-refractivity contribution in [3.8, 4) is 0 Å². The Morgan fingerprint density at radius 2 is 0.513 bits per heavy atom. The van der Waals surface area contributed by atoms with E-state index in [4.69, 9.17) is 14.2 Å². The van der Waals surface area contributed by atoms with E-state index in [9.17, 15) is 14.4 Å². The van der Waals surface area contributed by atoms with Crippen molar-refractivity contribution in [2.45, 2.75) is 252 Å². The molecule has 76 heavy (non-hydrogen) atoms. The summed E-state index contributed by atoms with van der Waals surface area (Å²) in [5.74, 6) is -0.949. The number of rotatable bonds is 53. The van der Waals surface area contributed by atoms with Crippen LogP contribution >= 0.6 is 0 Å². The van der Waals surface area contributed by atoms with E-state index >= 15 is 0 Å². The van der Waals surface area contributed by atoms with Crippen LogP contribution in [0, 0.1) is 0 Å². The third kappa shape index (κ3) is 59.9. The van der Waals surface area contributed by atoms with Crippen LogP contribution in [0.1, 0.15) is 245 Å². The number of esters is 3. The summed E-state index contributed by atoms with van der Waals surface area (Å²) in [7, 11) is 0. The molecular formula is C70H110O6. The van der Waals surface area contributed by atoms with Gasteiger partial charge in [-0.2, -0.15) is 0 Å². The molecule has 0 saturated carbocycles. The SMILES string of the molecule is CC/C=C\C/C=C\C/C=C\C/C=C\C/C=C\C/C=C\C/C=C\C/C=C\C/C=C\C/C=C\CCCCCCC(=O)OCC(COC(=O)CCCCCCCC)OC(=O)CCCCCCCCC/C=C\C/C=C\C/C=C\CC. The molecule has 0 spiro atoms. The maximum absolute atomic E-state index is 12.8. The fourth-order valence-electron chi connectivity index (χ4n) is 7.78. The number of carbonyl (C=O) groups is 3. The third-order valence-electron chi connectivity index (χ3n) is 12.3. The lowest BCUT2D eigenvalue weighted by atomic mass is 10.1. The summed E-state index contributed by atoms with van der Waals surface area (Å²) < 4.78 is 16.7. The Morgan fingerprint density at radius 1 is 0.276 bits per heavy atom. The van der Waals surface area contributed by atoms with E-state index in [0.29, 0.717) is 19.3 Å². The van der Waals surface area contributed by atoms with Gasteiger partial charge in [-0.05, 0) is 128 Å². The van der Waals surface area contributed by atoms with E-state index in [2.05, 4.69) is 179 Å². The fourth-order valence-corrected chi connectivity index (χ4v) is 7.78. The molecule has 0 saturated heterocycles. The summed E-state index contributed by atoms with van der Waals surface area (Å²) in [6.45, 7) is 6.31. The summed E-state index contributed by atoms with van der Waals surface area (Å²) in [4.78, 5) is 37.9. The lowest BCUT2D eigenvalue weighted by molar-refractivity contribution is -0.167. The van der Waals surface area contributed by atoms with Gasteiger partial charge in [0, 0.05) is 19.3 Å². The molecule has 0 heterocycles. The smallest absolute Gasteiger partial charge is 0.306 e. The first-order chi connectivity index (χ1) is 37.5. The minimum absolute atomic E-state index is 0.0955. The Bertz CT molecular complexity index is 1720. The number of ether oxygens (including phenoxy) is 3. The summed E-state index contributed by atoms with van der Waals surface area (Å²) in [5, 5.41) is 0. The van der Waals surface area contributed by atoms with E-state index in [1.54, 1.807) is 0 Å². The van der Waals surface area contributed by atoms with Crippen molar-refractivity contribution < 1.29 is 28.6 Å². The maximum Gasteiger partial charge on any atom is 0.306 e. The zero-order valence-electron chi connectivity index (χ0n) is 48.7. The highest BCUT2D eigenvalue weighted by Gasteiger charge is 2.19. The molecule has 0 aliphatic rings. The largest absolute Gasteiger partial charge is 0.462 e. The minimum atomic E-state index is -0.797. The number of hydrogen-bond donors (Lipinski definition) is 0. The molecule has 0 bridgehead atoms. The highest BCUT2D eigenvalue weighted by atomic mass is 16.6. The summed E-state index contributed by atoms with van der Waals surface area (Å²) in [6, 6.07) is 0. The molecule has 0 aromatic heterocycles. The van der Waals surface area contributed by atoms with Crippen LogP contribution in [0.3, 0.4) is 0 Å². The lowest BCUT2D eigenvalue weighted by Gasteiger charge is -2.18. The van der Waals surface area contributed by atoms with Gasteiger partial charge in [-0.25, -0.2) is 0 Å². The Labute approximate surface area is 467 Å². The van der Waals surface area contributed by atoms with Crippen LogP contribution in [0.5, 0.6) is 0 Å². The normalized spacial score (nSPS) is 13.2. The molecule has 0 amide bonds. The summed E-state index contributed by atoms with van der Waals surface area (Å²) >= 11 is 0. The van der Waals surface area contributed by atoms with Crippen molar-refractivity contribution >= 4 is 17.9 Å². The molecular weight excluding hydrogens is 937 g/mol. The van der Waals surface area contributed by atoms with Gasteiger partial charge >= 0.3 is 17.9 Å². The van der Waals surface area contributed by atoms with Crippen LogP contribution in [-0.4, -0.2) is 37.2 Å². The first-order valence-electron chi connectivity index (χ1n) is 30.5. The van der Waals surface area contributed by atoms with Crippen molar-refractivity contribution in [3.05, 3.63) is 158 Å². The zero-order chi connectivity index (χ0) is 55.0. The average molecular weight is 1050 g/mol. The molecule has 0 fully saturated rings. The van der Waals surface area contributed by atoms with Gasteiger partial charge in [-0.15, -0.1) is 0 Å². The van der Waals surface area contributed by atoms with Crippen molar-refractivity contribution in [1.82, 2.24) is 0 Å². The van der Waals surface area contributed by atoms with Crippen molar-refractivity contribution in [3.63, 3.8) is 0 Å². The topological polar surface area (TPSA) is 78.9 Å². The monoisotopic (exact) mass is 1050 g/mol. The molecule has 0 radical (unpaired) electrons. The van der Waals surface area contributed by atoms with Gasteiger partial charge < -0.3 is 14.2 Å². The predicted octanol–water partition coefficient (Wildman–Crippen LogP) is 20.9. The first-order valence-corrected chi connectivity index (χ1v) is 30.5. The van der Waals surface area contributed by atoms with Gasteiger partial charge in [0.05, 0.1) is 0 Å². The second-order valence-corrected chi connectivity index (χ2v) is 19.5. The van der Waals surface area contributed by atoms with E-state index < -0.39 is 6.10 Å². The maximum atomic E-state index is 12.8. The lowest BCUT2D eigenvalue weighted by Crippen LogP contribution is -2.30. The average Bonchev–Trinajstić information content (AvgIpc) is 3.42. The molecule has 1 unspecified atom stereocenters. The molecule has 1 atom stereocenters. The highest BCUT2D eigenvalue weighted by Crippen LogP contribution is 2.13. The Kier molecular flexibility index (Phi) is 58.5. The van der Waals surface area contributed by atoms with Crippen molar-refractivity contribution in [2.24, 2.45) is 0 Å². The van der Waals surface area contributed by atoms with Crippen LogP contribution in [0.2, 0.25) is 0 Å². The van der Waals surface area contributed by atoms with Crippen LogP contribution < -0.4 is 0 Å². The van der Waals surface area contributed by atoms with Crippen LogP contribution in [0.15, 0.2) is 158 Å². The van der Waals surface area contributed by atoms with Gasteiger partial charge in [0.1, 0.15) is 13.2 Å². The zero-order valence-corrected chi connectivity index (χ0v) is 48.7. The quantitative estimate of drug-likeness (QED) is 0.0261. The molecule has 0 aromatic carbocycles. The van der Waals surface area contributed by atoms with E-state index in [1.165, 1.54) is 44.9 Å². The minimum Gasteiger partial charge on any atom is -0.462 e. The van der Waals surface area contributed by atoms with E-state index in [1.807, 2.05) is 0 Å². The van der Waals surface area contributed by atoms with Crippen LogP contribution in [0.4, 0.5) is 0 Å². The Morgan fingerprint density at radius 3 is 0.803 bits per heavy atom. The van der Waals surface area contributed by atoms with E-state index in [0.717, 1.165) is 161 Å². The molecule has 0 aliphatic carbocycles. The van der Waals surface area contributed by atoms with Gasteiger partial charge in [-0.1, -0.05) is 256 Å². The molecule has 0 aromatic rings. The number of unbranched alkanes of at least 4 members (excludes halogenated alkanes) is 16. The molecule has 0 N–H and O–H groups in total. The second kappa shape index (κ2) is 62.6. The summed E-state index contributed by atoms with van der Waals surface area (Å²) in [6.07, 6.45) is 91.3. The predicted molar refractivity (Wildman–Crippen MR) is 329 cm³/mol. The van der Waals surface area contributed by atoms with Gasteiger partial charge in [0.2, 0.25) is 0 Å². The summed E-state index contributed by atoms with van der Waals surface area (Å²) in [5.41, 5.74) is 0. The molecule has 0 aliphatic heterocycles. The van der Waals surface area contributed by atoms with Crippen molar-refractivity contribution in [2.75, 3.05) is 13.2 Å². The standard InChI is InChI=1S/C70H110O6/c1-4-7-10-13-16-18-20-22-24-26-27-28-29-30-31-32-33-34-35-36-37-38-39-40-41-42-43-45-46-48-50-52-54-57-60-63-69(72)75-66-67(65-74-68(71)62-59-56-15-12-9-6-3)76-70(73)64-61-58-55-53-51-49-47-44-25-23-21-19-17-14-11-8-5-2/h7-8,10-11,16-19,22-25,27-28,30-31,33-34,36-37,39-40,42-43,46,48,67H,4-6,9,12-15,20-21,26,29,32,35,38,41,44-45,47,49-66H2,1-3H3/b10-7-,11-8-,18-16-,19-17-,24-22-,25-23-,28-27-,31-30-,34-33-,37-36-,40-39-,43-42-,48-46-. The van der Waals surface area contributed by atoms with Crippen LogP contribution in [0.25, 0.3) is 0 Å². The fraction of sp³-hybridized carbons (Fsp3) is 0.586. The Balaban J connectivity index is 4.19. The number of carbonyl (C=O) groups excluding carboxylic acids is 3. The molecule has 426 valence electrons. The van der Waals surface area contributed by atoms with Gasteiger partial charge in [0.25, 0.3) is 0 Å². The second-order valence-electron chi connectivity index (χ2n) is 19.5. The number of allylic oxidation sites excluding steroid dienone is 26. The molecule has 6 heteroatoms. The van der Waals surface area contributed by atoms with Gasteiger partial charge in [-0.3, -0.25) is 14.4 Å². The molecule has 0 rings (SSSR count). The molecule has 6 nitrogen and oxygen atoms in total. The van der Waals surface area contributed by atoms with Crippen molar-refractivity contribution in [1.29, 1.82) is 0 Å². The Hall–Kier alpha value is -4.97. The first kappa shape index (κ1) is 71.0. The number of hydrogen-bond acceptors (Lipinski definition) is 6. The third-order valence-corrected chi connectivity index (χ3v) is 12.3.